The quantitative estimate of drug-likeness (QED) is 0.672. The molecule has 1 heterocycles. The minimum absolute atomic E-state index is 0.0817. The molecule has 1 N–H and O–H groups in total. The van der Waals surface area contributed by atoms with Crippen LogP contribution in [0.3, 0.4) is 0 Å². The molecule has 0 aromatic heterocycles. The van der Waals surface area contributed by atoms with Gasteiger partial charge in [-0.25, -0.2) is 0 Å². The van der Waals surface area contributed by atoms with Crippen molar-refractivity contribution in [3.8, 4) is 11.8 Å². The van der Waals surface area contributed by atoms with E-state index in [1.807, 2.05) is 25.1 Å². The predicted molar refractivity (Wildman–Crippen MR) is 80.6 cm³/mol. The van der Waals surface area contributed by atoms with Crippen LogP contribution in [0.15, 0.2) is 23.2 Å². The molecule has 20 heavy (non-hydrogen) atoms. The van der Waals surface area contributed by atoms with Crippen LogP contribution in [0.2, 0.25) is 0 Å². The van der Waals surface area contributed by atoms with E-state index in [9.17, 15) is 4.79 Å². The third kappa shape index (κ3) is 2.75. The molecule has 0 saturated carbocycles. The Balaban J connectivity index is 2.19. The van der Waals surface area contributed by atoms with E-state index in [0.29, 0.717) is 12.8 Å². The molecule has 104 valence electrons. The lowest BCUT2D eigenvalue weighted by atomic mass is 9.80. The fraction of sp³-hybridized carbons (Fsp3) is 0.412. The highest BCUT2D eigenvalue weighted by Crippen LogP contribution is 2.41. The van der Waals surface area contributed by atoms with Gasteiger partial charge >= 0.3 is 5.97 Å². The van der Waals surface area contributed by atoms with Crippen molar-refractivity contribution >= 4 is 17.4 Å². The molecular weight excluding hydrogens is 250 g/mol. The van der Waals surface area contributed by atoms with Crippen molar-refractivity contribution < 1.29 is 9.90 Å². The maximum absolute atomic E-state index is 10.4. The minimum atomic E-state index is -0.766. The maximum Gasteiger partial charge on any atom is 0.303 e. The Kier molecular flexibility index (Phi) is 3.94. The summed E-state index contributed by atoms with van der Waals surface area (Å²) in [5.41, 5.74) is 4.21. The normalized spacial score (nSPS) is 15.1. The Labute approximate surface area is 119 Å². The number of benzene rings is 1. The van der Waals surface area contributed by atoms with Crippen molar-refractivity contribution in [1.82, 2.24) is 0 Å². The van der Waals surface area contributed by atoms with Crippen LogP contribution in [0.5, 0.6) is 0 Å². The lowest BCUT2D eigenvalue weighted by Crippen LogP contribution is -2.23. The van der Waals surface area contributed by atoms with Gasteiger partial charge in [-0.1, -0.05) is 31.8 Å². The van der Waals surface area contributed by atoms with E-state index in [-0.39, 0.29) is 11.8 Å². The first-order valence-corrected chi connectivity index (χ1v) is 6.83. The van der Waals surface area contributed by atoms with Crippen LogP contribution in [0, 0.1) is 11.8 Å². The number of fused-ring (bicyclic) bond motifs is 1. The standard InChI is InChI=1S/C17H19NO2/c1-12-17(2,3)16-13(9-7-10-14(16)18-12)8-5-4-6-11-15(19)20/h7,9-10H,4,6,11H2,1-3H3,(H,19,20). The Morgan fingerprint density at radius 2 is 2.15 bits per heavy atom. The fourth-order valence-corrected chi connectivity index (χ4v) is 2.38. The molecule has 0 radical (unpaired) electrons. The maximum atomic E-state index is 10.4. The monoisotopic (exact) mass is 269 g/mol. The molecule has 1 aliphatic heterocycles. The number of unbranched alkanes of at least 4 members (excludes halogenated alkanes) is 1. The van der Waals surface area contributed by atoms with Gasteiger partial charge in [-0.2, -0.15) is 0 Å². The number of aliphatic imine (C=N–C) groups is 1. The Bertz CT molecular complexity index is 630. The first-order chi connectivity index (χ1) is 9.43. The number of carboxylic acid groups (broad SMARTS) is 1. The van der Waals surface area contributed by atoms with Crippen molar-refractivity contribution in [3.05, 3.63) is 29.3 Å². The second-order valence-corrected chi connectivity index (χ2v) is 5.57. The molecule has 3 nitrogen and oxygen atoms in total. The third-order valence-electron chi connectivity index (χ3n) is 3.78. The number of hydrogen-bond donors (Lipinski definition) is 1. The summed E-state index contributed by atoms with van der Waals surface area (Å²) < 4.78 is 0. The van der Waals surface area contributed by atoms with Gasteiger partial charge in [0.1, 0.15) is 0 Å². The number of carbonyl (C=O) groups is 1. The SMILES string of the molecule is CC1=Nc2cccc(C#CCCCC(=O)O)c2C1(C)C. The third-order valence-corrected chi connectivity index (χ3v) is 3.78. The summed E-state index contributed by atoms with van der Waals surface area (Å²) in [4.78, 5) is 15.0. The molecule has 0 unspecified atom stereocenters. The van der Waals surface area contributed by atoms with Gasteiger partial charge in [0.25, 0.3) is 0 Å². The first-order valence-electron chi connectivity index (χ1n) is 6.83. The molecule has 0 fully saturated rings. The molecule has 1 aromatic rings. The molecule has 0 amide bonds. The Morgan fingerprint density at radius 1 is 1.40 bits per heavy atom. The van der Waals surface area contributed by atoms with Gasteiger partial charge in [-0.15, -0.1) is 0 Å². The van der Waals surface area contributed by atoms with Gasteiger partial charge in [0, 0.05) is 35.1 Å². The number of nitrogens with zero attached hydrogens (tertiary/aromatic N) is 1. The van der Waals surface area contributed by atoms with Gasteiger partial charge in [-0.3, -0.25) is 9.79 Å². The van der Waals surface area contributed by atoms with E-state index in [1.165, 1.54) is 5.56 Å². The number of carboxylic acids is 1. The van der Waals surface area contributed by atoms with Gasteiger partial charge in [0.2, 0.25) is 0 Å². The average Bonchev–Trinajstić information content (AvgIpc) is 2.60. The zero-order valence-electron chi connectivity index (χ0n) is 12.2. The van der Waals surface area contributed by atoms with E-state index in [4.69, 9.17) is 5.11 Å². The van der Waals surface area contributed by atoms with E-state index < -0.39 is 5.97 Å². The Morgan fingerprint density at radius 3 is 2.85 bits per heavy atom. The summed E-state index contributed by atoms with van der Waals surface area (Å²) in [6, 6.07) is 6.00. The van der Waals surface area contributed by atoms with Gasteiger partial charge < -0.3 is 5.11 Å². The van der Waals surface area contributed by atoms with E-state index in [0.717, 1.165) is 17.0 Å². The first kappa shape index (κ1) is 14.3. The molecule has 0 spiro atoms. The molecular formula is C17H19NO2. The summed E-state index contributed by atoms with van der Waals surface area (Å²) in [5.74, 6) is 5.49. The molecule has 3 heteroatoms. The Hall–Kier alpha value is -2.08. The molecule has 0 aliphatic carbocycles. The molecule has 2 rings (SSSR count). The van der Waals surface area contributed by atoms with Crippen LogP contribution >= 0.6 is 0 Å². The summed E-state index contributed by atoms with van der Waals surface area (Å²) in [7, 11) is 0. The summed E-state index contributed by atoms with van der Waals surface area (Å²) in [6.07, 6.45) is 1.38. The lowest BCUT2D eigenvalue weighted by molar-refractivity contribution is -0.137. The summed E-state index contributed by atoms with van der Waals surface area (Å²) in [6.45, 7) is 6.37. The van der Waals surface area contributed by atoms with E-state index in [1.54, 1.807) is 0 Å². The number of aliphatic carboxylic acids is 1. The smallest absolute Gasteiger partial charge is 0.303 e. The second-order valence-electron chi connectivity index (χ2n) is 5.57. The highest BCUT2D eigenvalue weighted by Gasteiger charge is 2.33. The number of hydrogen-bond acceptors (Lipinski definition) is 2. The highest BCUT2D eigenvalue weighted by atomic mass is 16.4. The topological polar surface area (TPSA) is 49.7 Å². The molecule has 0 atom stereocenters. The van der Waals surface area contributed by atoms with Crippen molar-refractivity contribution in [1.29, 1.82) is 0 Å². The van der Waals surface area contributed by atoms with Crippen molar-refractivity contribution in [2.75, 3.05) is 0 Å². The molecule has 1 aliphatic rings. The largest absolute Gasteiger partial charge is 0.481 e. The zero-order chi connectivity index (χ0) is 14.8. The highest BCUT2D eigenvalue weighted by molar-refractivity contribution is 6.00. The molecule has 0 saturated heterocycles. The fourth-order valence-electron chi connectivity index (χ4n) is 2.38. The van der Waals surface area contributed by atoms with Crippen LogP contribution in [-0.4, -0.2) is 16.8 Å². The van der Waals surface area contributed by atoms with Gasteiger partial charge in [0.15, 0.2) is 0 Å². The van der Waals surface area contributed by atoms with Gasteiger partial charge in [0.05, 0.1) is 5.69 Å². The number of rotatable bonds is 3. The second kappa shape index (κ2) is 5.50. The molecule has 1 aromatic carbocycles. The minimum Gasteiger partial charge on any atom is -0.481 e. The lowest BCUT2D eigenvalue weighted by Gasteiger charge is -2.21. The van der Waals surface area contributed by atoms with Crippen LogP contribution in [0.1, 0.15) is 51.2 Å². The van der Waals surface area contributed by atoms with Crippen LogP contribution < -0.4 is 0 Å². The van der Waals surface area contributed by atoms with Crippen LogP contribution in [0.4, 0.5) is 5.69 Å². The van der Waals surface area contributed by atoms with Crippen LogP contribution in [0.25, 0.3) is 0 Å². The van der Waals surface area contributed by atoms with Crippen LogP contribution in [-0.2, 0) is 10.2 Å². The average molecular weight is 269 g/mol. The van der Waals surface area contributed by atoms with Crippen molar-refractivity contribution in [2.24, 2.45) is 4.99 Å². The molecule has 0 bridgehead atoms. The van der Waals surface area contributed by atoms with E-state index >= 15 is 0 Å². The summed E-state index contributed by atoms with van der Waals surface area (Å²) in [5, 5.41) is 8.59. The predicted octanol–water partition coefficient (Wildman–Crippen LogP) is 3.68. The van der Waals surface area contributed by atoms with E-state index in [2.05, 4.69) is 30.7 Å². The zero-order valence-corrected chi connectivity index (χ0v) is 12.2. The summed E-state index contributed by atoms with van der Waals surface area (Å²) >= 11 is 0. The van der Waals surface area contributed by atoms with Gasteiger partial charge in [-0.05, 0) is 25.5 Å². The van der Waals surface area contributed by atoms with Crippen molar-refractivity contribution in [3.63, 3.8) is 0 Å². The van der Waals surface area contributed by atoms with Crippen molar-refractivity contribution in [2.45, 2.75) is 45.4 Å².